The van der Waals surface area contributed by atoms with Crippen LogP contribution in [0.25, 0.3) is 22.5 Å². The molecule has 0 aliphatic heterocycles. The van der Waals surface area contributed by atoms with Gasteiger partial charge in [-0.15, -0.1) is 5.10 Å². The van der Waals surface area contributed by atoms with Crippen LogP contribution in [0.2, 0.25) is 5.02 Å². The summed E-state index contributed by atoms with van der Waals surface area (Å²) in [5.74, 6) is -0.743. The van der Waals surface area contributed by atoms with Crippen molar-refractivity contribution in [2.24, 2.45) is 0 Å². The summed E-state index contributed by atoms with van der Waals surface area (Å²) < 4.78 is 34.9. The molecular formula is C24H18ClF2N5O2. The van der Waals surface area contributed by atoms with Gasteiger partial charge >= 0.3 is 0 Å². The number of H-pyrrole nitrogens is 1. The van der Waals surface area contributed by atoms with Crippen LogP contribution >= 0.6 is 11.6 Å². The molecule has 0 unspecified atom stereocenters. The highest BCUT2D eigenvalue weighted by molar-refractivity contribution is 6.30. The van der Waals surface area contributed by atoms with Crippen LogP contribution in [0.3, 0.4) is 0 Å². The molecule has 1 fully saturated rings. The van der Waals surface area contributed by atoms with Crippen molar-refractivity contribution in [2.75, 3.05) is 12.4 Å². The van der Waals surface area contributed by atoms with E-state index < -0.39 is 23.0 Å². The number of amides is 1. The summed E-state index contributed by atoms with van der Waals surface area (Å²) in [6, 6.07) is 13.9. The summed E-state index contributed by atoms with van der Waals surface area (Å²) in [6.07, 6.45) is 0.862. The van der Waals surface area contributed by atoms with Gasteiger partial charge in [0, 0.05) is 16.1 Å². The van der Waals surface area contributed by atoms with Crippen molar-refractivity contribution >= 4 is 23.2 Å². The quantitative estimate of drug-likeness (QED) is 0.397. The summed E-state index contributed by atoms with van der Waals surface area (Å²) in [5.41, 5.74) is 0.729. The number of aromatic amines is 1. The van der Waals surface area contributed by atoms with E-state index in [-0.39, 0.29) is 11.3 Å². The first kappa shape index (κ1) is 22.0. The average Bonchev–Trinajstić information content (AvgIpc) is 3.47. The zero-order valence-corrected chi connectivity index (χ0v) is 18.7. The molecule has 1 heterocycles. The van der Waals surface area contributed by atoms with E-state index in [1.54, 1.807) is 31.4 Å². The highest BCUT2D eigenvalue weighted by Gasteiger charge is 2.53. The van der Waals surface area contributed by atoms with Gasteiger partial charge in [-0.25, -0.2) is 13.9 Å². The van der Waals surface area contributed by atoms with Gasteiger partial charge in [0.15, 0.2) is 5.82 Å². The molecule has 10 heteroatoms. The number of nitrogens with zero attached hydrogens (tertiary/aromatic N) is 3. The predicted octanol–water partition coefficient (Wildman–Crippen LogP) is 5.14. The van der Waals surface area contributed by atoms with Crippen LogP contribution in [-0.4, -0.2) is 33.6 Å². The molecule has 0 radical (unpaired) electrons. The summed E-state index contributed by atoms with van der Waals surface area (Å²) in [4.78, 5) is 13.2. The lowest BCUT2D eigenvalue weighted by atomic mass is 9.93. The minimum atomic E-state index is -1.09. The Balaban J connectivity index is 1.53. The number of aromatic nitrogens is 4. The molecule has 5 rings (SSSR count). The second kappa shape index (κ2) is 8.49. The molecule has 172 valence electrons. The molecule has 1 saturated carbocycles. The summed E-state index contributed by atoms with van der Waals surface area (Å²) >= 11 is 6.02. The maximum atomic E-state index is 15.2. The molecule has 1 aliphatic carbocycles. The van der Waals surface area contributed by atoms with Crippen LogP contribution in [0.15, 0.2) is 54.6 Å². The number of rotatable bonds is 6. The zero-order valence-electron chi connectivity index (χ0n) is 17.9. The molecule has 0 bridgehead atoms. The van der Waals surface area contributed by atoms with Crippen LogP contribution in [0.4, 0.5) is 14.5 Å². The van der Waals surface area contributed by atoms with Crippen molar-refractivity contribution in [1.29, 1.82) is 0 Å². The number of hydrogen-bond donors (Lipinski definition) is 2. The summed E-state index contributed by atoms with van der Waals surface area (Å²) in [5, 5.41) is 16.8. The number of nitrogens with one attached hydrogen (secondary N) is 2. The van der Waals surface area contributed by atoms with Crippen LogP contribution in [0.1, 0.15) is 18.4 Å². The number of anilines is 1. The predicted molar refractivity (Wildman–Crippen MR) is 123 cm³/mol. The number of carbonyl (C=O) groups is 1. The Morgan fingerprint density at radius 1 is 1.06 bits per heavy atom. The van der Waals surface area contributed by atoms with E-state index in [2.05, 4.69) is 25.9 Å². The third-order valence-corrected chi connectivity index (χ3v) is 6.22. The maximum absolute atomic E-state index is 15.2. The minimum absolute atomic E-state index is 0.0672. The fourth-order valence-corrected chi connectivity index (χ4v) is 4.17. The van der Waals surface area contributed by atoms with Gasteiger partial charge in [-0.1, -0.05) is 23.7 Å². The van der Waals surface area contributed by atoms with Crippen LogP contribution in [0, 0.1) is 11.6 Å². The van der Waals surface area contributed by atoms with Crippen molar-refractivity contribution in [2.45, 2.75) is 18.3 Å². The van der Waals surface area contributed by atoms with E-state index in [1.165, 1.54) is 30.3 Å². The van der Waals surface area contributed by atoms with Crippen molar-refractivity contribution in [1.82, 2.24) is 20.6 Å². The number of halogens is 3. The topological polar surface area (TPSA) is 92.8 Å². The summed E-state index contributed by atoms with van der Waals surface area (Å²) in [7, 11) is 1.56. The van der Waals surface area contributed by atoms with Gasteiger partial charge in [0.25, 0.3) is 0 Å². The third-order valence-electron chi connectivity index (χ3n) is 5.99. The van der Waals surface area contributed by atoms with E-state index in [4.69, 9.17) is 16.3 Å². The highest BCUT2D eigenvalue weighted by Crippen LogP contribution is 2.50. The number of methoxy groups -OCH3 is 1. The Labute approximate surface area is 198 Å². The Morgan fingerprint density at radius 3 is 2.47 bits per heavy atom. The Bertz CT molecular complexity index is 1370. The summed E-state index contributed by atoms with van der Waals surface area (Å²) in [6.45, 7) is 0. The number of tetrazole rings is 1. The lowest BCUT2D eigenvalue weighted by Crippen LogP contribution is -2.29. The third kappa shape index (κ3) is 3.88. The molecule has 1 aromatic heterocycles. The van der Waals surface area contributed by atoms with E-state index in [1.807, 2.05) is 0 Å². The van der Waals surface area contributed by atoms with Crippen molar-refractivity contribution < 1.29 is 18.3 Å². The van der Waals surface area contributed by atoms with Crippen molar-refractivity contribution in [3.05, 3.63) is 76.8 Å². The highest BCUT2D eigenvalue weighted by atomic mass is 35.5. The molecule has 1 amide bonds. The lowest BCUT2D eigenvalue weighted by molar-refractivity contribution is -0.118. The standard InChI is InChI=1S/C24H18ClF2N5O2/c1-34-15-5-2-13(3-6-15)16-11-20(27)21(12-17(16)22-29-31-32-30-22)28-23(33)24(8-9-24)18-10-14(25)4-7-19(18)26/h2-7,10-12H,8-9H2,1H3,(H,28,33)(H,29,30,31,32). The second-order valence-corrected chi connectivity index (χ2v) is 8.45. The Morgan fingerprint density at radius 2 is 1.82 bits per heavy atom. The van der Waals surface area contributed by atoms with E-state index in [0.29, 0.717) is 46.1 Å². The van der Waals surface area contributed by atoms with Gasteiger partial charge in [0.2, 0.25) is 5.91 Å². The molecular weight excluding hydrogens is 464 g/mol. The number of ether oxygens (including phenoxy) is 1. The van der Waals surface area contributed by atoms with Crippen molar-refractivity contribution in [3.8, 4) is 28.3 Å². The molecule has 2 N–H and O–H groups in total. The smallest absolute Gasteiger partial charge is 0.235 e. The minimum Gasteiger partial charge on any atom is -0.497 e. The molecule has 4 aromatic rings. The zero-order chi connectivity index (χ0) is 23.9. The second-order valence-electron chi connectivity index (χ2n) is 8.02. The Hall–Kier alpha value is -3.85. The molecule has 0 spiro atoms. The maximum Gasteiger partial charge on any atom is 0.235 e. The Kier molecular flexibility index (Phi) is 5.49. The SMILES string of the molecule is COc1ccc(-c2cc(F)c(NC(=O)C3(c4cc(Cl)ccc4F)CC3)cc2-c2nnn[nH]2)cc1. The van der Waals surface area contributed by atoms with Gasteiger partial charge in [-0.3, -0.25) is 4.79 Å². The van der Waals surface area contributed by atoms with Crippen LogP contribution < -0.4 is 10.1 Å². The molecule has 0 saturated heterocycles. The van der Waals surface area contributed by atoms with Gasteiger partial charge in [0.05, 0.1) is 18.2 Å². The number of carbonyl (C=O) groups excluding carboxylic acids is 1. The number of hydrogen-bond acceptors (Lipinski definition) is 5. The van der Waals surface area contributed by atoms with E-state index in [9.17, 15) is 9.18 Å². The molecule has 0 atom stereocenters. The van der Waals surface area contributed by atoms with Gasteiger partial charge in [-0.2, -0.15) is 0 Å². The van der Waals surface area contributed by atoms with Gasteiger partial charge in [0.1, 0.15) is 17.4 Å². The molecule has 3 aromatic carbocycles. The monoisotopic (exact) mass is 481 g/mol. The average molecular weight is 482 g/mol. The first-order chi connectivity index (χ1) is 16.4. The first-order valence-electron chi connectivity index (χ1n) is 10.4. The molecule has 1 aliphatic rings. The molecule has 7 nitrogen and oxygen atoms in total. The molecule has 34 heavy (non-hydrogen) atoms. The lowest BCUT2D eigenvalue weighted by Gasteiger charge is -2.18. The van der Waals surface area contributed by atoms with Crippen LogP contribution in [0.5, 0.6) is 5.75 Å². The van der Waals surface area contributed by atoms with Crippen LogP contribution in [-0.2, 0) is 10.2 Å². The van der Waals surface area contributed by atoms with Gasteiger partial charge < -0.3 is 10.1 Å². The first-order valence-corrected chi connectivity index (χ1v) is 10.8. The largest absolute Gasteiger partial charge is 0.497 e. The van der Waals surface area contributed by atoms with Crippen molar-refractivity contribution in [3.63, 3.8) is 0 Å². The number of benzene rings is 3. The van der Waals surface area contributed by atoms with E-state index in [0.717, 1.165) is 0 Å². The fraction of sp³-hybridized carbons (Fsp3) is 0.167. The fourth-order valence-electron chi connectivity index (χ4n) is 4.00. The normalized spacial score (nSPS) is 14.0. The van der Waals surface area contributed by atoms with Gasteiger partial charge in [-0.05, 0) is 76.9 Å². The van der Waals surface area contributed by atoms with E-state index >= 15 is 4.39 Å².